The minimum Gasteiger partial charge on any atom is -0.486 e. The van der Waals surface area contributed by atoms with E-state index in [1.165, 1.54) is 13.2 Å². The van der Waals surface area contributed by atoms with Gasteiger partial charge in [-0.05, 0) is 36.2 Å². The third-order valence-corrected chi connectivity index (χ3v) is 6.77. The molecule has 1 saturated heterocycles. The molecule has 12 heteroatoms. The molecule has 3 rings (SSSR count). The second kappa shape index (κ2) is 14.0. The molecule has 1 amide bonds. The summed E-state index contributed by atoms with van der Waals surface area (Å²) in [5.74, 6) is 1.44. The first-order valence-corrected chi connectivity index (χ1v) is 12.7. The van der Waals surface area contributed by atoms with Gasteiger partial charge in [0, 0.05) is 25.6 Å². The van der Waals surface area contributed by atoms with Crippen molar-refractivity contribution in [2.24, 2.45) is 0 Å². The van der Waals surface area contributed by atoms with Gasteiger partial charge in [-0.1, -0.05) is 35.3 Å². The lowest BCUT2D eigenvalue weighted by atomic mass is 9.99. The van der Waals surface area contributed by atoms with E-state index >= 15 is 0 Å². The van der Waals surface area contributed by atoms with Crippen LogP contribution < -0.4 is 10.1 Å². The number of rotatable bonds is 10. The average Bonchev–Trinajstić information content (AvgIpc) is 2.92. The van der Waals surface area contributed by atoms with Gasteiger partial charge in [0.05, 0.1) is 22.2 Å². The van der Waals surface area contributed by atoms with Gasteiger partial charge in [0.2, 0.25) is 5.91 Å². The molecule has 210 valence electrons. The Morgan fingerprint density at radius 3 is 2.62 bits per heavy atom. The van der Waals surface area contributed by atoms with Crippen LogP contribution >= 0.6 is 23.2 Å². The highest BCUT2D eigenvalue weighted by atomic mass is 35.5. The van der Waals surface area contributed by atoms with Crippen LogP contribution in [-0.4, -0.2) is 71.6 Å². The number of hydrogen-bond acceptors (Lipinski definition) is 9. The highest BCUT2D eigenvalue weighted by Crippen LogP contribution is 2.39. The maximum Gasteiger partial charge on any atom is 0.339 e. The summed E-state index contributed by atoms with van der Waals surface area (Å²) in [7, 11) is 1.26. The first-order valence-electron chi connectivity index (χ1n) is 11.9. The Morgan fingerprint density at radius 1 is 1.21 bits per heavy atom. The van der Waals surface area contributed by atoms with Crippen LogP contribution in [-0.2, 0) is 25.6 Å². The second-order valence-electron chi connectivity index (χ2n) is 8.73. The quantitative estimate of drug-likeness (QED) is 0.246. The predicted octanol–water partition coefficient (Wildman–Crippen LogP) is 2.84. The number of halogens is 2. The lowest BCUT2D eigenvalue weighted by Crippen LogP contribution is -2.60. The number of aliphatic hydroxyl groups excluding tert-OH is 3. The number of anilines is 1. The van der Waals surface area contributed by atoms with Crippen LogP contribution in [0.3, 0.4) is 0 Å². The van der Waals surface area contributed by atoms with E-state index in [2.05, 4.69) is 11.2 Å². The average molecular weight is 582 g/mol. The molecule has 2 aromatic rings. The lowest BCUT2D eigenvalue weighted by molar-refractivity contribution is -0.293. The Hall–Kier alpha value is -2.88. The van der Waals surface area contributed by atoms with Gasteiger partial charge in [0.1, 0.15) is 24.9 Å². The standard InChI is InChI=1S/C27H29Cl2NO9/c1-4-5-9-20(32)30-16-8-6-7-15(10-16)13-37-24-18(28)11-17(14(2)21(24)29)26(35)39-25-23(34)22(33)19(12-31)38-27(25)36-3/h1,6-8,10-11,19,22-23,25,27,31,33-34H,5,9,12-13H2,2-3H3,(H,30,32)/t19-,22-,23+,25-,27+/m1/s1. The number of methoxy groups -OCH3 is 1. The number of ether oxygens (including phenoxy) is 4. The van der Waals surface area contributed by atoms with Gasteiger partial charge in [-0.25, -0.2) is 4.79 Å². The van der Waals surface area contributed by atoms with Crippen LogP contribution in [0.1, 0.15) is 34.3 Å². The summed E-state index contributed by atoms with van der Waals surface area (Å²) >= 11 is 12.9. The maximum atomic E-state index is 13.0. The molecule has 10 nitrogen and oxygen atoms in total. The highest BCUT2D eigenvalue weighted by Gasteiger charge is 2.47. The molecule has 5 atom stereocenters. The normalized spacial score (nSPS) is 22.6. The zero-order valence-electron chi connectivity index (χ0n) is 21.2. The van der Waals surface area contributed by atoms with Crippen molar-refractivity contribution < 1.29 is 43.9 Å². The summed E-state index contributed by atoms with van der Waals surface area (Å²) in [6.45, 7) is 1.05. The Morgan fingerprint density at radius 2 is 1.95 bits per heavy atom. The van der Waals surface area contributed by atoms with Crippen molar-refractivity contribution in [2.45, 2.75) is 57.1 Å². The highest BCUT2D eigenvalue weighted by molar-refractivity contribution is 6.38. The number of aliphatic hydroxyl groups is 3. The molecule has 0 spiro atoms. The first-order chi connectivity index (χ1) is 18.6. The SMILES string of the molecule is C#CCCC(=O)Nc1cccc(COc2c(Cl)cc(C(=O)O[C@H]3[C@@H](OC)O[C@H](CO)[C@@H](O)[C@@H]3O)c(C)c2Cl)c1. The molecular formula is C27H29Cl2NO9. The fourth-order valence-corrected chi connectivity index (χ4v) is 4.46. The smallest absolute Gasteiger partial charge is 0.339 e. The zero-order chi connectivity index (χ0) is 28.7. The summed E-state index contributed by atoms with van der Waals surface area (Å²) in [6, 6.07) is 8.31. The lowest BCUT2D eigenvalue weighted by Gasteiger charge is -2.40. The van der Waals surface area contributed by atoms with Crippen molar-refractivity contribution in [2.75, 3.05) is 19.0 Å². The number of carbonyl (C=O) groups is 2. The van der Waals surface area contributed by atoms with Crippen molar-refractivity contribution in [1.82, 2.24) is 0 Å². The Balaban J connectivity index is 1.73. The monoisotopic (exact) mass is 581 g/mol. The number of esters is 1. The van der Waals surface area contributed by atoms with Gasteiger partial charge in [0.15, 0.2) is 18.1 Å². The van der Waals surface area contributed by atoms with E-state index in [4.69, 9.17) is 48.6 Å². The Bertz CT molecular complexity index is 1230. The zero-order valence-corrected chi connectivity index (χ0v) is 22.7. The molecule has 39 heavy (non-hydrogen) atoms. The molecule has 2 aromatic carbocycles. The number of benzene rings is 2. The molecule has 0 saturated carbocycles. The third kappa shape index (κ3) is 7.41. The fourth-order valence-electron chi connectivity index (χ4n) is 3.90. The van der Waals surface area contributed by atoms with Crippen molar-refractivity contribution in [3.8, 4) is 18.1 Å². The molecule has 0 unspecified atom stereocenters. The van der Waals surface area contributed by atoms with E-state index in [0.717, 1.165) is 5.56 Å². The molecule has 4 N–H and O–H groups in total. The van der Waals surface area contributed by atoms with Crippen molar-refractivity contribution in [3.05, 3.63) is 57.1 Å². The number of nitrogens with one attached hydrogen (secondary N) is 1. The van der Waals surface area contributed by atoms with Crippen molar-refractivity contribution in [1.29, 1.82) is 0 Å². The van der Waals surface area contributed by atoms with E-state index in [1.54, 1.807) is 31.2 Å². The summed E-state index contributed by atoms with van der Waals surface area (Å²) in [4.78, 5) is 24.9. The minimum atomic E-state index is -1.59. The predicted molar refractivity (Wildman–Crippen MR) is 143 cm³/mol. The van der Waals surface area contributed by atoms with E-state index < -0.39 is 43.3 Å². The molecule has 0 bridgehead atoms. The molecule has 1 heterocycles. The molecule has 1 fully saturated rings. The maximum absolute atomic E-state index is 13.0. The van der Waals surface area contributed by atoms with Gasteiger partial charge in [-0.3, -0.25) is 4.79 Å². The summed E-state index contributed by atoms with van der Waals surface area (Å²) in [6.07, 6.45) is -1.12. The number of hydrogen-bond donors (Lipinski definition) is 4. The van der Waals surface area contributed by atoms with E-state index in [-0.39, 0.29) is 40.3 Å². The fraction of sp³-hybridized carbons (Fsp3) is 0.407. The van der Waals surface area contributed by atoms with Gasteiger partial charge in [-0.15, -0.1) is 12.3 Å². The Labute approximate surface area is 235 Å². The van der Waals surface area contributed by atoms with Crippen LogP contribution in [0.4, 0.5) is 5.69 Å². The Kier molecular flexibility index (Phi) is 11.0. The van der Waals surface area contributed by atoms with Crippen molar-refractivity contribution in [3.63, 3.8) is 0 Å². The summed E-state index contributed by atoms with van der Waals surface area (Å²) < 4.78 is 21.7. The molecular weight excluding hydrogens is 553 g/mol. The van der Waals surface area contributed by atoms with Gasteiger partial charge < -0.3 is 39.6 Å². The van der Waals surface area contributed by atoms with Gasteiger partial charge in [-0.2, -0.15) is 0 Å². The second-order valence-corrected chi connectivity index (χ2v) is 9.51. The molecule has 0 aliphatic carbocycles. The third-order valence-electron chi connectivity index (χ3n) is 6.03. The van der Waals surface area contributed by atoms with E-state index in [1.807, 2.05) is 0 Å². The molecule has 1 aliphatic rings. The van der Waals surface area contributed by atoms with E-state index in [0.29, 0.717) is 17.7 Å². The largest absolute Gasteiger partial charge is 0.486 e. The van der Waals surface area contributed by atoms with Crippen LogP contribution in [0.15, 0.2) is 30.3 Å². The summed E-state index contributed by atoms with van der Waals surface area (Å²) in [5.41, 5.74) is 1.58. The summed E-state index contributed by atoms with van der Waals surface area (Å²) in [5, 5.41) is 32.8. The number of carbonyl (C=O) groups excluding carboxylic acids is 2. The van der Waals surface area contributed by atoms with E-state index in [9.17, 15) is 24.9 Å². The molecule has 0 aromatic heterocycles. The number of terminal acetylenes is 1. The topological polar surface area (TPSA) is 144 Å². The number of amides is 1. The van der Waals surface area contributed by atoms with Gasteiger partial charge >= 0.3 is 5.97 Å². The van der Waals surface area contributed by atoms with Crippen LogP contribution in [0.2, 0.25) is 10.0 Å². The van der Waals surface area contributed by atoms with Crippen molar-refractivity contribution >= 4 is 40.8 Å². The molecule has 1 aliphatic heterocycles. The van der Waals surface area contributed by atoms with Crippen LogP contribution in [0, 0.1) is 19.3 Å². The van der Waals surface area contributed by atoms with Crippen LogP contribution in [0.25, 0.3) is 0 Å². The minimum absolute atomic E-state index is 0.00477. The van der Waals surface area contributed by atoms with Gasteiger partial charge in [0.25, 0.3) is 0 Å². The molecule has 0 radical (unpaired) electrons. The first kappa shape index (κ1) is 30.7. The van der Waals surface area contributed by atoms with Crippen LogP contribution in [0.5, 0.6) is 5.75 Å².